The Morgan fingerprint density at radius 2 is 1.74 bits per heavy atom. The van der Waals surface area contributed by atoms with Crippen molar-refractivity contribution in [1.29, 1.82) is 0 Å². The minimum Gasteiger partial charge on any atom is -0.321 e. The van der Waals surface area contributed by atoms with Crippen molar-refractivity contribution in [3.05, 3.63) is 107 Å². The van der Waals surface area contributed by atoms with Gasteiger partial charge in [-0.25, -0.2) is 18.1 Å². The van der Waals surface area contributed by atoms with Gasteiger partial charge in [0.1, 0.15) is 17.2 Å². The van der Waals surface area contributed by atoms with E-state index < -0.39 is 17.5 Å². The van der Waals surface area contributed by atoms with Crippen LogP contribution in [-0.4, -0.2) is 40.9 Å². The van der Waals surface area contributed by atoms with E-state index in [9.17, 15) is 13.6 Å². The van der Waals surface area contributed by atoms with Crippen molar-refractivity contribution >= 4 is 38.4 Å². The van der Waals surface area contributed by atoms with Gasteiger partial charge in [-0.2, -0.15) is 0 Å². The van der Waals surface area contributed by atoms with E-state index in [0.29, 0.717) is 17.1 Å². The number of carbonyl (C=O) groups excluding carboxylic acids is 1. The number of rotatable bonds is 5. The minimum absolute atomic E-state index is 0.0802. The highest BCUT2D eigenvalue weighted by atomic mass is 79.9. The Labute approximate surface area is 228 Å². The third kappa shape index (κ3) is 4.44. The Balaban J connectivity index is 1.28. The summed E-state index contributed by atoms with van der Waals surface area (Å²) in [4.78, 5) is 17.6. The fraction of sp³-hybridized carbons (Fsp3) is 0.0370. The van der Waals surface area contributed by atoms with E-state index in [-0.39, 0.29) is 27.1 Å². The van der Waals surface area contributed by atoms with Crippen molar-refractivity contribution in [2.45, 2.75) is 6.92 Å². The molecule has 3 aromatic heterocycles. The van der Waals surface area contributed by atoms with E-state index in [1.165, 1.54) is 35.1 Å². The molecule has 0 fully saturated rings. The van der Waals surface area contributed by atoms with Crippen molar-refractivity contribution in [3.8, 4) is 22.6 Å². The zero-order valence-corrected chi connectivity index (χ0v) is 21.8. The molecule has 6 aromatic rings. The Morgan fingerprint density at radius 3 is 2.62 bits per heavy atom. The first-order chi connectivity index (χ1) is 18.9. The van der Waals surface area contributed by atoms with E-state index >= 15 is 0 Å². The third-order valence-electron chi connectivity index (χ3n) is 6.12. The lowest BCUT2D eigenvalue weighted by Crippen LogP contribution is -2.14. The molecule has 39 heavy (non-hydrogen) atoms. The van der Waals surface area contributed by atoms with E-state index in [1.807, 2.05) is 30.3 Å². The van der Waals surface area contributed by atoms with Gasteiger partial charge in [0, 0.05) is 22.8 Å². The number of para-hydroxylation sites is 1. The number of halogens is 3. The van der Waals surface area contributed by atoms with E-state index in [0.717, 1.165) is 10.9 Å². The van der Waals surface area contributed by atoms with E-state index in [1.54, 1.807) is 29.9 Å². The van der Waals surface area contributed by atoms with Gasteiger partial charge in [-0.15, -0.1) is 10.2 Å². The van der Waals surface area contributed by atoms with Crippen LogP contribution >= 0.6 is 15.9 Å². The van der Waals surface area contributed by atoms with Crippen molar-refractivity contribution in [2.75, 3.05) is 5.32 Å². The molecule has 6 rings (SSSR count). The minimum atomic E-state index is -0.583. The summed E-state index contributed by atoms with van der Waals surface area (Å²) in [6, 6.07) is 18.2. The number of hydrogen-bond acceptors (Lipinski definition) is 6. The van der Waals surface area contributed by atoms with Crippen molar-refractivity contribution in [3.63, 3.8) is 0 Å². The Bertz CT molecular complexity index is 1880. The molecule has 0 saturated heterocycles. The van der Waals surface area contributed by atoms with Crippen LogP contribution in [0.2, 0.25) is 0 Å². The predicted octanol–water partition coefficient (Wildman–Crippen LogP) is 5.66. The molecular formula is C27H17BrF2N8O. The Morgan fingerprint density at radius 1 is 0.949 bits per heavy atom. The molecule has 0 radical (unpaired) electrons. The number of aromatic nitrogens is 7. The van der Waals surface area contributed by atoms with Gasteiger partial charge in [0.25, 0.3) is 5.91 Å². The van der Waals surface area contributed by atoms with Gasteiger partial charge < -0.3 is 5.32 Å². The molecule has 1 amide bonds. The highest BCUT2D eigenvalue weighted by Crippen LogP contribution is 2.27. The van der Waals surface area contributed by atoms with E-state index in [4.69, 9.17) is 0 Å². The van der Waals surface area contributed by atoms with Gasteiger partial charge in [0.15, 0.2) is 11.5 Å². The van der Waals surface area contributed by atoms with Crippen molar-refractivity contribution in [2.24, 2.45) is 0 Å². The van der Waals surface area contributed by atoms with Gasteiger partial charge in [-0.1, -0.05) is 34.7 Å². The molecule has 3 aromatic carbocycles. The smallest absolute Gasteiger partial charge is 0.278 e. The van der Waals surface area contributed by atoms with Crippen LogP contribution in [0.5, 0.6) is 0 Å². The lowest BCUT2D eigenvalue weighted by Gasteiger charge is -2.08. The predicted molar refractivity (Wildman–Crippen MR) is 144 cm³/mol. The zero-order chi connectivity index (χ0) is 27.1. The average molecular weight is 587 g/mol. The second-order valence-corrected chi connectivity index (χ2v) is 9.41. The fourth-order valence-electron chi connectivity index (χ4n) is 4.19. The molecule has 0 unspecified atom stereocenters. The molecule has 9 nitrogen and oxygen atoms in total. The molecular weight excluding hydrogens is 570 g/mol. The zero-order valence-electron chi connectivity index (χ0n) is 20.2. The fourth-order valence-corrected chi connectivity index (χ4v) is 4.55. The summed E-state index contributed by atoms with van der Waals surface area (Å²) in [5, 5.41) is 19.8. The summed E-state index contributed by atoms with van der Waals surface area (Å²) in [5.41, 5.74) is 2.71. The van der Waals surface area contributed by atoms with Crippen LogP contribution in [0.1, 0.15) is 16.2 Å². The second kappa shape index (κ2) is 9.80. The van der Waals surface area contributed by atoms with E-state index in [2.05, 4.69) is 46.9 Å². The molecule has 192 valence electrons. The standard InChI is InChI=1S/C27H17BrF2N8O/c1-15-25(34-36-38(15)23-9-2-5-16-6-4-12-31-26(16)23)27(39)32-17-10-11-20(29)18(13-17)21-14-37(35-33-21)22-8-3-7-19(28)24(22)30/h2-14H,1H3,(H,32,39). The third-order valence-corrected chi connectivity index (χ3v) is 6.73. The molecule has 0 atom stereocenters. The van der Waals surface area contributed by atoms with Crippen LogP contribution in [0.15, 0.2) is 83.6 Å². The number of nitrogens with one attached hydrogen (secondary N) is 1. The average Bonchev–Trinajstić information content (AvgIpc) is 3.58. The van der Waals surface area contributed by atoms with Crippen LogP contribution in [-0.2, 0) is 0 Å². The van der Waals surface area contributed by atoms with Crippen LogP contribution in [0.25, 0.3) is 33.5 Å². The molecule has 0 saturated carbocycles. The van der Waals surface area contributed by atoms with Crippen molar-refractivity contribution < 1.29 is 13.6 Å². The van der Waals surface area contributed by atoms with Crippen LogP contribution in [0, 0.1) is 18.6 Å². The summed E-state index contributed by atoms with van der Waals surface area (Å²) in [6.07, 6.45) is 3.09. The summed E-state index contributed by atoms with van der Waals surface area (Å²) in [6.45, 7) is 1.73. The summed E-state index contributed by atoms with van der Waals surface area (Å²) < 4.78 is 32.3. The summed E-state index contributed by atoms with van der Waals surface area (Å²) in [5.74, 6) is -1.64. The van der Waals surface area contributed by atoms with Crippen LogP contribution in [0.4, 0.5) is 14.5 Å². The van der Waals surface area contributed by atoms with Gasteiger partial charge in [-0.05, 0) is 65.3 Å². The summed E-state index contributed by atoms with van der Waals surface area (Å²) >= 11 is 3.14. The molecule has 0 aliphatic rings. The molecule has 0 spiro atoms. The van der Waals surface area contributed by atoms with Crippen LogP contribution in [0.3, 0.4) is 0 Å². The monoisotopic (exact) mass is 586 g/mol. The summed E-state index contributed by atoms with van der Waals surface area (Å²) in [7, 11) is 0. The lowest BCUT2D eigenvalue weighted by atomic mass is 10.1. The maximum atomic E-state index is 14.8. The molecule has 3 heterocycles. The first kappa shape index (κ1) is 24.5. The van der Waals surface area contributed by atoms with Gasteiger partial charge in [0.05, 0.1) is 27.6 Å². The SMILES string of the molecule is Cc1c(C(=O)Nc2ccc(F)c(-c3cn(-c4cccc(Br)c4F)nn3)c2)nnn1-c1cccc2cccnc12. The number of fused-ring (bicyclic) bond motifs is 1. The number of carbonyl (C=O) groups is 1. The molecule has 0 aliphatic carbocycles. The number of nitrogens with zero attached hydrogens (tertiary/aromatic N) is 7. The number of pyridine rings is 1. The topological polar surface area (TPSA) is 103 Å². The second-order valence-electron chi connectivity index (χ2n) is 8.56. The normalized spacial score (nSPS) is 11.2. The molecule has 0 aliphatic heterocycles. The molecule has 0 bridgehead atoms. The first-order valence-electron chi connectivity index (χ1n) is 11.6. The van der Waals surface area contributed by atoms with Crippen molar-refractivity contribution in [1.82, 2.24) is 35.0 Å². The maximum Gasteiger partial charge on any atom is 0.278 e. The van der Waals surface area contributed by atoms with Gasteiger partial charge >= 0.3 is 0 Å². The first-order valence-corrected chi connectivity index (χ1v) is 12.4. The lowest BCUT2D eigenvalue weighted by molar-refractivity contribution is 0.102. The molecule has 1 N–H and O–H groups in total. The maximum absolute atomic E-state index is 14.8. The van der Waals surface area contributed by atoms with Gasteiger partial charge in [0.2, 0.25) is 0 Å². The highest BCUT2D eigenvalue weighted by molar-refractivity contribution is 9.10. The number of anilines is 1. The number of amides is 1. The Kier molecular flexibility index (Phi) is 6.15. The number of hydrogen-bond donors (Lipinski definition) is 1. The largest absolute Gasteiger partial charge is 0.321 e. The Hall–Kier alpha value is -4.84. The molecule has 12 heteroatoms. The van der Waals surface area contributed by atoms with Gasteiger partial charge in [-0.3, -0.25) is 9.78 Å². The van der Waals surface area contributed by atoms with Crippen LogP contribution < -0.4 is 5.32 Å². The number of benzene rings is 3. The highest BCUT2D eigenvalue weighted by Gasteiger charge is 2.20. The quantitative estimate of drug-likeness (QED) is 0.279.